The van der Waals surface area contributed by atoms with Crippen molar-refractivity contribution in [2.45, 2.75) is 76.8 Å². The summed E-state index contributed by atoms with van der Waals surface area (Å²) in [5, 5.41) is 3.63. The van der Waals surface area contributed by atoms with E-state index in [2.05, 4.69) is 26.2 Å². The number of carbonyl (C=O) groups excluding carboxylic acids is 1. The van der Waals surface area contributed by atoms with Crippen molar-refractivity contribution < 1.29 is 4.79 Å². The Balaban J connectivity index is 1.31. The van der Waals surface area contributed by atoms with Gasteiger partial charge in [-0.05, 0) is 51.1 Å². The number of likely N-dealkylation sites (tertiary alicyclic amines) is 2. The van der Waals surface area contributed by atoms with Gasteiger partial charge in [0.05, 0.1) is 0 Å². The maximum absolute atomic E-state index is 12.0. The summed E-state index contributed by atoms with van der Waals surface area (Å²) < 4.78 is 0. The molecule has 3 aliphatic rings. The van der Waals surface area contributed by atoms with Gasteiger partial charge in [-0.1, -0.05) is 19.8 Å². The Morgan fingerprint density at radius 2 is 1.80 bits per heavy atom. The standard InChI is InChI=1S/C23H38N6O/c1-2-22(30)28-16-10-20(11-17-28)29-15-7-8-19(18-29)25-23-24-12-9-21(26-23)27-13-5-3-4-6-14-27/h9,12,19-20H,2-8,10-11,13-18H2,1H3,(H,24,25,26). The topological polar surface area (TPSA) is 64.6 Å². The molecule has 30 heavy (non-hydrogen) atoms. The van der Waals surface area contributed by atoms with Gasteiger partial charge in [0.25, 0.3) is 0 Å². The largest absolute Gasteiger partial charge is 0.356 e. The van der Waals surface area contributed by atoms with Crippen molar-refractivity contribution in [2.24, 2.45) is 0 Å². The van der Waals surface area contributed by atoms with E-state index in [4.69, 9.17) is 4.98 Å². The van der Waals surface area contributed by atoms with Crippen LogP contribution in [0, 0.1) is 0 Å². The fourth-order valence-electron chi connectivity index (χ4n) is 5.24. The Bertz CT molecular complexity index is 682. The average molecular weight is 415 g/mol. The summed E-state index contributed by atoms with van der Waals surface area (Å²) in [6, 6.07) is 3.04. The smallest absolute Gasteiger partial charge is 0.224 e. The lowest BCUT2D eigenvalue weighted by Gasteiger charge is -2.42. The van der Waals surface area contributed by atoms with E-state index >= 15 is 0 Å². The monoisotopic (exact) mass is 414 g/mol. The zero-order valence-electron chi connectivity index (χ0n) is 18.6. The Morgan fingerprint density at radius 1 is 1.03 bits per heavy atom. The number of nitrogens with zero attached hydrogens (tertiary/aromatic N) is 5. The molecular formula is C23H38N6O. The van der Waals surface area contributed by atoms with Crippen LogP contribution in [0.15, 0.2) is 12.3 Å². The lowest BCUT2D eigenvalue weighted by Crippen LogP contribution is -2.51. The molecule has 1 aromatic heterocycles. The van der Waals surface area contributed by atoms with Crippen LogP contribution in [-0.4, -0.2) is 77.0 Å². The summed E-state index contributed by atoms with van der Waals surface area (Å²) in [5.41, 5.74) is 0. The number of amides is 1. The van der Waals surface area contributed by atoms with Gasteiger partial charge < -0.3 is 15.1 Å². The summed E-state index contributed by atoms with van der Waals surface area (Å²) in [7, 11) is 0. The van der Waals surface area contributed by atoms with E-state index in [0.717, 1.165) is 57.3 Å². The van der Waals surface area contributed by atoms with Crippen molar-refractivity contribution in [2.75, 3.05) is 49.5 Å². The van der Waals surface area contributed by atoms with Crippen molar-refractivity contribution in [3.63, 3.8) is 0 Å². The van der Waals surface area contributed by atoms with Gasteiger partial charge in [0, 0.05) is 57.4 Å². The minimum Gasteiger partial charge on any atom is -0.356 e. The van der Waals surface area contributed by atoms with Crippen LogP contribution in [0.3, 0.4) is 0 Å². The fourth-order valence-corrected chi connectivity index (χ4v) is 5.24. The molecule has 3 aliphatic heterocycles. The quantitative estimate of drug-likeness (QED) is 0.799. The van der Waals surface area contributed by atoms with Gasteiger partial charge in [0.1, 0.15) is 5.82 Å². The Morgan fingerprint density at radius 3 is 2.53 bits per heavy atom. The zero-order valence-corrected chi connectivity index (χ0v) is 18.6. The molecule has 1 N–H and O–H groups in total. The minimum absolute atomic E-state index is 0.299. The third-order valence-electron chi connectivity index (χ3n) is 6.99. The van der Waals surface area contributed by atoms with Crippen LogP contribution in [0.25, 0.3) is 0 Å². The van der Waals surface area contributed by atoms with Crippen LogP contribution in [0.1, 0.15) is 64.7 Å². The van der Waals surface area contributed by atoms with Crippen molar-refractivity contribution in [3.8, 4) is 0 Å². The van der Waals surface area contributed by atoms with Crippen molar-refractivity contribution in [1.82, 2.24) is 19.8 Å². The minimum atomic E-state index is 0.299. The fraction of sp³-hybridized carbons (Fsp3) is 0.783. The van der Waals surface area contributed by atoms with Crippen molar-refractivity contribution >= 4 is 17.7 Å². The second kappa shape index (κ2) is 10.4. The molecule has 0 aliphatic carbocycles. The number of anilines is 2. The second-order valence-electron chi connectivity index (χ2n) is 9.08. The van der Waals surface area contributed by atoms with Crippen LogP contribution in [-0.2, 0) is 4.79 Å². The van der Waals surface area contributed by atoms with Crippen LogP contribution in [0.4, 0.5) is 11.8 Å². The third kappa shape index (κ3) is 5.42. The summed E-state index contributed by atoms with van der Waals surface area (Å²) >= 11 is 0. The molecule has 4 rings (SSSR count). The lowest BCUT2D eigenvalue weighted by atomic mass is 9.98. The summed E-state index contributed by atoms with van der Waals surface area (Å²) in [6.45, 7) is 8.20. The van der Waals surface area contributed by atoms with E-state index < -0.39 is 0 Å². The summed E-state index contributed by atoms with van der Waals surface area (Å²) in [6.07, 6.45) is 12.3. The highest BCUT2D eigenvalue weighted by atomic mass is 16.2. The molecule has 1 unspecified atom stereocenters. The second-order valence-corrected chi connectivity index (χ2v) is 9.08. The van der Waals surface area contributed by atoms with E-state index in [-0.39, 0.29) is 0 Å². The van der Waals surface area contributed by atoms with Crippen LogP contribution in [0.2, 0.25) is 0 Å². The van der Waals surface area contributed by atoms with Gasteiger partial charge >= 0.3 is 0 Å². The molecule has 0 bridgehead atoms. The van der Waals surface area contributed by atoms with Crippen LogP contribution < -0.4 is 10.2 Å². The zero-order chi connectivity index (χ0) is 20.8. The molecular weight excluding hydrogens is 376 g/mol. The Labute approximate surface area is 181 Å². The number of rotatable bonds is 5. The van der Waals surface area contributed by atoms with E-state index in [1.165, 1.54) is 45.1 Å². The van der Waals surface area contributed by atoms with Gasteiger partial charge in [-0.25, -0.2) is 4.98 Å². The molecule has 166 valence electrons. The molecule has 0 saturated carbocycles. The molecule has 3 fully saturated rings. The predicted molar refractivity (Wildman–Crippen MR) is 121 cm³/mol. The van der Waals surface area contributed by atoms with E-state index in [1.807, 2.05) is 18.0 Å². The molecule has 0 radical (unpaired) electrons. The number of nitrogens with one attached hydrogen (secondary N) is 1. The van der Waals surface area contributed by atoms with Gasteiger partial charge in [-0.15, -0.1) is 0 Å². The number of hydrogen-bond acceptors (Lipinski definition) is 6. The van der Waals surface area contributed by atoms with E-state index in [9.17, 15) is 4.79 Å². The summed E-state index contributed by atoms with van der Waals surface area (Å²) in [4.78, 5) is 28.4. The van der Waals surface area contributed by atoms with E-state index in [1.54, 1.807) is 0 Å². The van der Waals surface area contributed by atoms with Crippen LogP contribution >= 0.6 is 0 Å². The number of carbonyl (C=O) groups is 1. The molecule has 3 saturated heterocycles. The Hall–Kier alpha value is -1.89. The van der Waals surface area contributed by atoms with Crippen LogP contribution in [0.5, 0.6) is 0 Å². The summed E-state index contributed by atoms with van der Waals surface area (Å²) in [5.74, 6) is 2.13. The molecule has 4 heterocycles. The number of hydrogen-bond donors (Lipinski definition) is 1. The normalized spacial score (nSPS) is 24.5. The van der Waals surface area contributed by atoms with Gasteiger partial charge in [0.2, 0.25) is 11.9 Å². The molecule has 1 atom stereocenters. The first-order valence-corrected chi connectivity index (χ1v) is 12.1. The SMILES string of the molecule is CCC(=O)N1CCC(N2CCCC(Nc3nccc(N4CCCCCC4)n3)C2)CC1. The first kappa shape index (κ1) is 21.3. The molecule has 7 heteroatoms. The van der Waals surface area contributed by atoms with Crippen molar-refractivity contribution in [3.05, 3.63) is 12.3 Å². The van der Waals surface area contributed by atoms with Gasteiger partial charge in [-0.3, -0.25) is 9.69 Å². The maximum Gasteiger partial charge on any atom is 0.224 e. The highest BCUT2D eigenvalue weighted by Crippen LogP contribution is 2.23. The number of aromatic nitrogens is 2. The highest BCUT2D eigenvalue weighted by molar-refractivity contribution is 5.75. The average Bonchev–Trinajstić information content (AvgIpc) is 3.09. The molecule has 0 spiro atoms. The molecule has 0 aromatic carbocycles. The van der Waals surface area contributed by atoms with Gasteiger partial charge in [-0.2, -0.15) is 4.98 Å². The lowest BCUT2D eigenvalue weighted by molar-refractivity contribution is -0.132. The van der Waals surface area contributed by atoms with Crippen molar-refractivity contribution in [1.29, 1.82) is 0 Å². The third-order valence-corrected chi connectivity index (χ3v) is 6.99. The van der Waals surface area contributed by atoms with Gasteiger partial charge in [0.15, 0.2) is 0 Å². The first-order chi connectivity index (χ1) is 14.7. The number of piperidine rings is 2. The first-order valence-electron chi connectivity index (χ1n) is 12.1. The highest BCUT2D eigenvalue weighted by Gasteiger charge is 2.30. The Kier molecular flexibility index (Phi) is 7.42. The molecule has 7 nitrogen and oxygen atoms in total. The molecule has 1 aromatic rings. The van der Waals surface area contributed by atoms with E-state index in [0.29, 0.717) is 24.4 Å². The predicted octanol–water partition coefficient (Wildman–Crippen LogP) is 3.13. The molecule has 1 amide bonds. The maximum atomic E-state index is 12.0.